The van der Waals surface area contributed by atoms with Gasteiger partial charge in [-0.2, -0.15) is 5.10 Å². The van der Waals surface area contributed by atoms with E-state index in [2.05, 4.69) is 22.7 Å². The van der Waals surface area contributed by atoms with Gasteiger partial charge in [0.15, 0.2) is 0 Å². The number of aryl methyl sites for hydroxylation is 1. The minimum Gasteiger partial charge on any atom is -0.348 e. The Balaban J connectivity index is 1.85. The fraction of sp³-hybridized carbons (Fsp3) is 0.444. The lowest BCUT2D eigenvalue weighted by Gasteiger charge is -2.30. The number of rotatable bonds is 3. The molecule has 1 aliphatic rings. The number of carbonyl (C=O) groups excluding carboxylic acids is 1. The third-order valence-corrected chi connectivity index (χ3v) is 4.73. The summed E-state index contributed by atoms with van der Waals surface area (Å²) in [5.41, 5.74) is 2.76. The highest BCUT2D eigenvalue weighted by molar-refractivity contribution is 5.96. The molecule has 6 heteroatoms. The van der Waals surface area contributed by atoms with Gasteiger partial charge in [0.25, 0.3) is 5.91 Å². The number of carbonyl (C=O) groups is 1. The summed E-state index contributed by atoms with van der Waals surface area (Å²) in [7, 11) is 0. The molecule has 2 N–H and O–H groups in total. The van der Waals surface area contributed by atoms with Crippen molar-refractivity contribution in [2.45, 2.75) is 33.2 Å². The highest BCUT2D eigenvalue weighted by Gasteiger charge is 2.26. The number of nitrogens with zero attached hydrogens (tertiary/aromatic N) is 2. The van der Waals surface area contributed by atoms with Gasteiger partial charge >= 0.3 is 0 Å². The Hall–Kier alpha value is -2.21. The molecule has 1 aliphatic heterocycles. The van der Waals surface area contributed by atoms with E-state index in [0.717, 1.165) is 30.9 Å². The average Bonchev–Trinajstić information content (AvgIpc) is 2.85. The number of halogens is 1. The van der Waals surface area contributed by atoms with E-state index in [9.17, 15) is 9.18 Å². The third-order valence-electron chi connectivity index (χ3n) is 4.73. The molecule has 5 nitrogen and oxygen atoms in total. The Kier molecular flexibility index (Phi) is 4.66. The summed E-state index contributed by atoms with van der Waals surface area (Å²) in [5, 5.41) is 10.9. The van der Waals surface area contributed by atoms with Crippen molar-refractivity contribution in [3.63, 3.8) is 0 Å². The van der Waals surface area contributed by atoms with Crippen LogP contribution >= 0.6 is 0 Å². The molecule has 1 saturated heterocycles. The van der Waals surface area contributed by atoms with Crippen LogP contribution in [0.3, 0.4) is 0 Å². The molecular formula is C18H23FN4O. The van der Waals surface area contributed by atoms with Crippen molar-refractivity contribution in [1.29, 1.82) is 0 Å². The molecule has 1 aromatic carbocycles. The maximum atomic E-state index is 13.1. The molecular weight excluding hydrogens is 307 g/mol. The summed E-state index contributed by atoms with van der Waals surface area (Å²) in [6.07, 6.45) is 1.05. The number of piperidine rings is 1. The first-order valence-corrected chi connectivity index (χ1v) is 8.31. The largest absolute Gasteiger partial charge is 0.348 e. The predicted octanol–water partition coefficient (Wildman–Crippen LogP) is 2.36. The van der Waals surface area contributed by atoms with Crippen LogP contribution in [-0.4, -0.2) is 34.8 Å². The molecule has 1 aromatic heterocycles. The maximum absolute atomic E-state index is 13.1. The van der Waals surface area contributed by atoms with Crippen molar-refractivity contribution in [2.24, 2.45) is 5.92 Å². The predicted molar refractivity (Wildman–Crippen MR) is 90.9 cm³/mol. The molecule has 1 amide bonds. The van der Waals surface area contributed by atoms with E-state index in [1.54, 1.807) is 16.8 Å². The van der Waals surface area contributed by atoms with Crippen molar-refractivity contribution in [3.8, 4) is 5.69 Å². The molecule has 0 spiro atoms. The van der Waals surface area contributed by atoms with Crippen LogP contribution in [0.4, 0.5) is 4.39 Å². The van der Waals surface area contributed by atoms with Gasteiger partial charge in [0, 0.05) is 12.6 Å². The fourth-order valence-corrected chi connectivity index (χ4v) is 3.23. The number of hydrogen-bond donors (Lipinski definition) is 2. The zero-order valence-electron chi connectivity index (χ0n) is 14.3. The monoisotopic (exact) mass is 330 g/mol. The van der Waals surface area contributed by atoms with E-state index in [-0.39, 0.29) is 17.8 Å². The lowest BCUT2D eigenvalue weighted by molar-refractivity contribution is 0.0914. The van der Waals surface area contributed by atoms with Crippen LogP contribution < -0.4 is 10.6 Å². The van der Waals surface area contributed by atoms with Crippen LogP contribution in [0, 0.1) is 25.6 Å². The fourth-order valence-electron chi connectivity index (χ4n) is 3.23. The number of benzene rings is 1. The van der Waals surface area contributed by atoms with Gasteiger partial charge in [-0.15, -0.1) is 0 Å². The lowest BCUT2D eigenvalue weighted by atomic mass is 9.94. The van der Waals surface area contributed by atoms with Gasteiger partial charge < -0.3 is 10.6 Å². The van der Waals surface area contributed by atoms with Crippen molar-refractivity contribution in [3.05, 3.63) is 47.0 Å². The molecule has 2 unspecified atom stereocenters. The second-order valence-electron chi connectivity index (χ2n) is 6.48. The molecule has 0 radical (unpaired) electrons. The first kappa shape index (κ1) is 16.6. The Labute approximate surface area is 141 Å². The number of aromatic nitrogens is 2. The summed E-state index contributed by atoms with van der Waals surface area (Å²) in [6.45, 7) is 7.63. The first-order chi connectivity index (χ1) is 11.5. The van der Waals surface area contributed by atoms with Gasteiger partial charge in [-0.1, -0.05) is 6.92 Å². The van der Waals surface area contributed by atoms with Crippen LogP contribution in [0.15, 0.2) is 24.3 Å². The Bertz CT molecular complexity index is 738. The summed E-state index contributed by atoms with van der Waals surface area (Å²) < 4.78 is 14.8. The van der Waals surface area contributed by atoms with Gasteiger partial charge in [-0.3, -0.25) is 4.79 Å². The quantitative estimate of drug-likeness (QED) is 0.908. The summed E-state index contributed by atoms with van der Waals surface area (Å²) >= 11 is 0. The Morgan fingerprint density at radius 3 is 2.71 bits per heavy atom. The highest BCUT2D eigenvalue weighted by Crippen LogP contribution is 2.19. The van der Waals surface area contributed by atoms with Gasteiger partial charge in [0.1, 0.15) is 5.82 Å². The molecule has 0 saturated carbocycles. The molecule has 2 aromatic rings. The van der Waals surface area contributed by atoms with E-state index in [4.69, 9.17) is 0 Å². The molecule has 3 rings (SSSR count). The number of amides is 1. The Morgan fingerprint density at radius 2 is 2.04 bits per heavy atom. The second-order valence-corrected chi connectivity index (χ2v) is 6.48. The average molecular weight is 330 g/mol. The zero-order chi connectivity index (χ0) is 17.3. The van der Waals surface area contributed by atoms with Crippen molar-refractivity contribution in [1.82, 2.24) is 20.4 Å². The smallest absolute Gasteiger partial charge is 0.255 e. The number of nitrogens with one attached hydrogen (secondary N) is 2. The molecule has 24 heavy (non-hydrogen) atoms. The third kappa shape index (κ3) is 3.19. The second kappa shape index (κ2) is 6.73. The minimum atomic E-state index is -0.294. The lowest BCUT2D eigenvalue weighted by Crippen LogP contribution is -2.50. The van der Waals surface area contributed by atoms with Crippen LogP contribution in [-0.2, 0) is 0 Å². The SMILES string of the molecule is Cc1nn(-c2ccc(F)cc2)c(C)c1C(=O)NC1CNCCC1C. The van der Waals surface area contributed by atoms with Crippen molar-refractivity contribution in [2.75, 3.05) is 13.1 Å². The molecule has 0 aliphatic carbocycles. The van der Waals surface area contributed by atoms with E-state index in [1.807, 2.05) is 13.8 Å². The van der Waals surface area contributed by atoms with Crippen molar-refractivity contribution >= 4 is 5.91 Å². The Morgan fingerprint density at radius 1 is 1.33 bits per heavy atom. The molecule has 1 fully saturated rings. The van der Waals surface area contributed by atoms with E-state index in [0.29, 0.717) is 17.2 Å². The summed E-state index contributed by atoms with van der Waals surface area (Å²) in [6, 6.07) is 6.22. The van der Waals surface area contributed by atoms with E-state index < -0.39 is 0 Å². The minimum absolute atomic E-state index is 0.0982. The molecule has 0 bridgehead atoms. The molecule has 128 valence electrons. The topological polar surface area (TPSA) is 59.0 Å². The van der Waals surface area contributed by atoms with Gasteiger partial charge in [-0.25, -0.2) is 9.07 Å². The summed E-state index contributed by atoms with van der Waals surface area (Å²) in [5.74, 6) is 0.0545. The van der Waals surface area contributed by atoms with Gasteiger partial charge in [0.2, 0.25) is 0 Å². The normalized spacial score (nSPS) is 20.8. The van der Waals surface area contributed by atoms with Gasteiger partial charge in [-0.05, 0) is 57.0 Å². The highest BCUT2D eigenvalue weighted by atomic mass is 19.1. The van der Waals surface area contributed by atoms with Crippen LogP contribution in [0.2, 0.25) is 0 Å². The van der Waals surface area contributed by atoms with Crippen molar-refractivity contribution < 1.29 is 9.18 Å². The van der Waals surface area contributed by atoms with Gasteiger partial charge in [0.05, 0.1) is 22.6 Å². The molecule has 2 atom stereocenters. The zero-order valence-corrected chi connectivity index (χ0v) is 14.3. The number of hydrogen-bond acceptors (Lipinski definition) is 3. The standard InChI is InChI=1S/C18H23FN4O/c1-11-8-9-20-10-16(11)21-18(24)17-12(2)22-23(13(17)3)15-6-4-14(19)5-7-15/h4-7,11,16,20H,8-10H2,1-3H3,(H,21,24). The van der Waals surface area contributed by atoms with E-state index in [1.165, 1.54) is 12.1 Å². The van der Waals surface area contributed by atoms with Crippen LogP contribution in [0.1, 0.15) is 35.1 Å². The van der Waals surface area contributed by atoms with Crippen LogP contribution in [0.5, 0.6) is 0 Å². The molecule has 2 heterocycles. The summed E-state index contributed by atoms with van der Waals surface area (Å²) in [4.78, 5) is 12.7. The first-order valence-electron chi connectivity index (χ1n) is 8.31. The van der Waals surface area contributed by atoms with E-state index >= 15 is 0 Å². The van der Waals surface area contributed by atoms with Crippen LogP contribution in [0.25, 0.3) is 5.69 Å². The maximum Gasteiger partial charge on any atom is 0.255 e.